The zero-order chi connectivity index (χ0) is 25.3. The molecule has 9 heteroatoms. The zero-order valence-corrected chi connectivity index (χ0v) is 20.4. The van der Waals surface area contributed by atoms with Crippen molar-refractivity contribution in [1.82, 2.24) is 9.80 Å². The van der Waals surface area contributed by atoms with E-state index in [1.54, 1.807) is 25.7 Å². The maximum atomic E-state index is 13.4. The highest BCUT2D eigenvalue weighted by molar-refractivity contribution is 6.25. The van der Waals surface area contributed by atoms with Gasteiger partial charge in [-0.25, -0.2) is 4.79 Å². The lowest BCUT2D eigenvalue weighted by atomic mass is 9.77. The van der Waals surface area contributed by atoms with Crippen molar-refractivity contribution in [3.05, 3.63) is 58.4 Å². The number of benzene rings is 1. The van der Waals surface area contributed by atoms with Crippen molar-refractivity contribution >= 4 is 23.6 Å². The van der Waals surface area contributed by atoms with Gasteiger partial charge in [0.15, 0.2) is 11.5 Å². The van der Waals surface area contributed by atoms with Gasteiger partial charge in [-0.1, -0.05) is 30.3 Å². The number of fused-ring (bicyclic) bond motifs is 1. The number of ether oxygens (including phenoxy) is 3. The quantitative estimate of drug-likeness (QED) is 0.574. The fraction of sp³-hybridized carbons (Fsp3) is 0.462. The second-order valence-corrected chi connectivity index (χ2v) is 9.20. The summed E-state index contributed by atoms with van der Waals surface area (Å²) in [5, 5.41) is 0. The maximum Gasteiger partial charge on any atom is 0.410 e. The number of Topliss-reactive ketones (excluding diaryl/α,β-unsaturated/α-hetero) is 2. The van der Waals surface area contributed by atoms with Crippen LogP contribution in [0.2, 0.25) is 0 Å². The molecule has 4 rings (SSSR count). The Hall–Kier alpha value is -3.46. The molecule has 35 heavy (non-hydrogen) atoms. The van der Waals surface area contributed by atoms with Gasteiger partial charge in [0.1, 0.15) is 6.54 Å². The molecule has 9 nitrogen and oxygen atoms in total. The number of amides is 2. The molecular formula is C26H30N2O7. The predicted molar refractivity (Wildman–Crippen MR) is 125 cm³/mol. The van der Waals surface area contributed by atoms with Crippen molar-refractivity contribution in [2.45, 2.75) is 52.0 Å². The Morgan fingerprint density at radius 3 is 2.49 bits per heavy atom. The van der Waals surface area contributed by atoms with Gasteiger partial charge in [-0.15, -0.1) is 0 Å². The number of methoxy groups -OCH3 is 1. The lowest BCUT2D eigenvalue weighted by molar-refractivity contribution is -0.145. The largest absolute Gasteiger partial charge is 0.492 e. The van der Waals surface area contributed by atoms with Crippen LogP contribution in [0.1, 0.15) is 32.8 Å². The summed E-state index contributed by atoms with van der Waals surface area (Å²) < 4.78 is 16.5. The van der Waals surface area contributed by atoms with Crippen molar-refractivity contribution < 1.29 is 33.4 Å². The van der Waals surface area contributed by atoms with Gasteiger partial charge < -0.3 is 19.1 Å². The number of hydrogen-bond acceptors (Lipinski definition) is 7. The number of hydrogen-bond donors (Lipinski definition) is 0. The molecule has 186 valence electrons. The van der Waals surface area contributed by atoms with E-state index in [-0.39, 0.29) is 67.4 Å². The number of ketones is 2. The van der Waals surface area contributed by atoms with E-state index < -0.39 is 24.0 Å². The minimum Gasteiger partial charge on any atom is -0.492 e. The average Bonchev–Trinajstić information content (AvgIpc) is 2.82. The molecule has 1 saturated heterocycles. The summed E-state index contributed by atoms with van der Waals surface area (Å²) in [6, 6.07) is 8.30. The Balaban J connectivity index is 1.65. The Kier molecular flexibility index (Phi) is 7.07. The molecule has 2 heterocycles. The van der Waals surface area contributed by atoms with E-state index in [9.17, 15) is 19.2 Å². The highest BCUT2D eigenvalue weighted by atomic mass is 16.6. The van der Waals surface area contributed by atoms with E-state index in [1.807, 2.05) is 30.3 Å². The minimum atomic E-state index is -0.766. The Morgan fingerprint density at radius 1 is 1.11 bits per heavy atom. The first-order valence-electron chi connectivity index (χ1n) is 11.7. The first kappa shape index (κ1) is 24.7. The van der Waals surface area contributed by atoms with Crippen molar-refractivity contribution in [2.75, 3.05) is 26.8 Å². The first-order valence-corrected chi connectivity index (χ1v) is 11.7. The number of carbonyl (C=O) groups excluding carboxylic acids is 4. The van der Waals surface area contributed by atoms with Gasteiger partial charge in [-0.05, 0) is 32.8 Å². The van der Waals surface area contributed by atoms with Crippen molar-refractivity contribution in [3.8, 4) is 0 Å². The lowest BCUT2D eigenvalue weighted by Crippen LogP contribution is -2.65. The summed E-state index contributed by atoms with van der Waals surface area (Å²) in [7, 11) is 1.35. The van der Waals surface area contributed by atoms with Crippen molar-refractivity contribution in [3.63, 3.8) is 0 Å². The highest BCUT2D eigenvalue weighted by Crippen LogP contribution is 2.38. The van der Waals surface area contributed by atoms with Crippen LogP contribution in [0.3, 0.4) is 0 Å². The molecule has 3 aliphatic rings. The molecule has 2 amide bonds. The van der Waals surface area contributed by atoms with E-state index in [2.05, 4.69) is 0 Å². The molecule has 1 aromatic carbocycles. The average molecular weight is 483 g/mol. The summed E-state index contributed by atoms with van der Waals surface area (Å²) in [4.78, 5) is 55.4. The zero-order valence-electron chi connectivity index (χ0n) is 20.4. The standard InChI is InChI=1S/C26H30N2O7/c1-15(2)35-26(32)27-11-18-10-19-22(24(31)25(33-4)16(3)23(19)30)20(28(18)21(29)12-27)14-34-13-17-8-6-5-7-9-17/h5-9,15,18,20H,10-14H2,1-4H3/t18-,20-/m1/s1. The van der Waals surface area contributed by atoms with Crippen LogP contribution in [-0.2, 0) is 35.2 Å². The second-order valence-electron chi connectivity index (χ2n) is 9.20. The van der Waals surface area contributed by atoms with Gasteiger partial charge in [0.05, 0.1) is 38.5 Å². The summed E-state index contributed by atoms with van der Waals surface area (Å²) in [6.45, 7) is 5.38. The molecule has 0 saturated carbocycles. The topological polar surface area (TPSA) is 102 Å². The predicted octanol–water partition coefficient (Wildman–Crippen LogP) is 2.40. The highest BCUT2D eigenvalue weighted by Gasteiger charge is 2.49. The molecule has 0 radical (unpaired) electrons. The van der Waals surface area contributed by atoms with E-state index in [0.717, 1.165) is 5.56 Å². The second kappa shape index (κ2) is 10.0. The minimum absolute atomic E-state index is 0.00754. The number of nitrogens with zero attached hydrogens (tertiary/aromatic N) is 2. The third kappa shape index (κ3) is 4.73. The van der Waals surface area contributed by atoms with Crippen LogP contribution in [0.5, 0.6) is 0 Å². The molecule has 0 aromatic heterocycles. The molecular weight excluding hydrogens is 452 g/mol. The lowest BCUT2D eigenvalue weighted by Gasteiger charge is -2.49. The number of carbonyl (C=O) groups is 4. The Bertz CT molecular complexity index is 1110. The van der Waals surface area contributed by atoms with E-state index in [0.29, 0.717) is 5.57 Å². The maximum absolute atomic E-state index is 13.4. The van der Waals surface area contributed by atoms with Gasteiger partial charge in [-0.3, -0.25) is 19.3 Å². The molecule has 1 aromatic rings. The summed E-state index contributed by atoms with van der Waals surface area (Å²) in [6.07, 6.45) is -0.734. The van der Waals surface area contributed by atoms with Crippen LogP contribution in [0, 0.1) is 0 Å². The fourth-order valence-corrected chi connectivity index (χ4v) is 4.95. The van der Waals surface area contributed by atoms with Crippen LogP contribution in [0.15, 0.2) is 52.8 Å². The normalized spacial score (nSPS) is 22.5. The van der Waals surface area contributed by atoms with Gasteiger partial charge in [0.25, 0.3) is 0 Å². The molecule has 0 spiro atoms. The number of rotatable bonds is 6. The van der Waals surface area contributed by atoms with Crippen LogP contribution in [-0.4, -0.2) is 78.4 Å². The molecule has 2 atom stereocenters. The molecule has 2 aliphatic heterocycles. The molecule has 1 fully saturated rings. The van der Waals surface area contributed by atoms with Crippen LogP contribution in [0.25, 0.3) is 0 Å². The SMILES string of the molecule is COC1=C(C)C(=O)C2=C(C1=O)[C@@H](COCc1ccccc1)N1C(=O)CN(C(=O)OC(C)C)C[C@H]1C2. The summed E-state index contributed by atoms with van der Waals surface area (Å²) in [5.74, 6) is -1.02. The molecule has 0 N–H and O–H groups in total. The summed E-state index contributed by atoms with van der Waals surface area (Å²) >= 11 is 0. The Morgan fingerprint density at radius 2 is 1.83 bits per heavy atom. The number of allylic oxidation sites excluding steroid dienone is 2. The van der Waals surface area contributed by atoms with Gasteiger partial charge in [0, 0.05) is 23.3 Å². The van der Waals surface area contributed by atoms with E-state index in [1.165, 1.54) is 12.0 Å². The third-order valence-electron chi connectivity index (χ3n) is 6.46. The summed E-state index contributed by atoms with van der Waals surface area (Å²) in [5.41, 5.74) is 1.79. The van der Waals surface area contributed by atoms with Crippen LogP contribution < -0.4 is 0 Å². The Labute approximate surface area is 204 Å². The molecule has 1 aliphatic carbocycles. The third-order valence-corrected chi connectivity index (χ3v) is 6.46. The monoisotopic (exact) mass is 482 g/mol. The number of piperazine rings is 1. The van der Waals surface area contributed by atoms with Crippen LogP contribution in [0.4, 0.5) is 4.79 Å². The van der Waals surface area contributed by atoms with Crippen LogP contribution >= 0.6 is 0 Å². The first-order chi connectivity index (χ1) is 16.7. The van der Waals surface area contributed by atoms with Gasteiger partial charge in [-0.2, -0.15) is 0 Å². The smallest absolute Gasteiger partial charge is 0.410 e. The molecule has 0 bridgehead atoms. The van der Waals surface area contributed by atoms with E-state index >= 15 is 0 Å². The van der Waals surface area contributed by atoms with E-state index in [4.69, 9.17) is 14.2 Å². The fourth-order valence-electron chi connectivity index (χ4n) is 4.95. The van der Waals surface area contributed by atoms with Crippen molar-refractivity contribution in [2.24, 2.45) is 0 Å². The van der Waals surface area contributed by atoms with Gasteiger partial charge >= 0.3 is 6.09 Å². The van der Waals surface area contributed by atoms with Gasteiger partial charge in [0.2, 0.25) is 11.7 Å². The van der Waals surface area contributed by atoms with Crippen molar-refractivity contribution in [1.29, 1.82) is 0 Å². The molecule has 0 unspecified atom stereocenters.